The lowest BCUT2D eigenvalue weighted by Gasteiger charge is -2.26. The van der Waals surface area contributed by atoms with E-state index in [0.717, 1.165) is 0 Å². The van der Waals surface area contributed by atoms with E-state index in [0.29, 0.717) is 41.2 Å². The fraction of sp³-hybridized carbons (Fsp3) is 0.389. The van der Waals surface area contributed by atoms with Crippen LogP contribution in [-0.4, -0.2) is 28.2 Å². The van der Waals surface area contributed by atoms with E-state index in [2.05, 4.69) is 9.97 Å². The maximum atomic E-state index is 12.2. The van der Waals surface area contributed by atoms with E-state index in [1.165, 1.54) is 12.4 Å². The number of hydrogen-bond acceptors (Lipinski definition) is 5. The summed E-state index contributed by atoms with van der Waals surface area (Å²) in [5.41, 5.74) is 1.00. The van der Waals surface area contributed by atoms with Crippen LogP contribution in [-0.2, 0) is 11.2 Å². The third-order valence-corrected chi connectivity index (χ3v) is 4.29. The Bertz CT molecular complexity index is 812. The SMILES string of the molecule is O=C1OC(CCCCC(F)(F)F)Cc2c(Oc3ncc(Cl)cn3)cccc21. The zero-order chi connectivity index (χ0) is 19.4. The van der Waals surface area contributed by atoms with Gasteiger partial charge in [-0.15, -0.1) is 0 Å². The number of nitrogens with zero attached hydrogens (tertiary/aromatic N) is 2. The van der Waals surface area contributed by atoms with Gasteiger partial charge in [0.25, 0.3) is 0 Å². The molecule has 1 aliphatic heterocycles. The molecule has 0 radical (unpaired) electrons. The first kappa shape index (κ1) is 19.4. The lowest BCUT2D eigenvalue weighted by atomic mass is 9.95. The average Bonchev–Trinajstić information content (AvgIpc) is 2.61. The number of esters is 1. The monoisotopic (exact) mass is 400 g/mol. The summed E-state index contributed by atoms with van der Waals surface area (Å²) in [4.78, 5) is 20.1. The van der Waals surface area contributed by atoms with Crippen molar-refractivity contribution in [3.8, 4) is 11.8 Å². The second kappa shape index (κ2) is 8.12. The molecule has 0 spiro atoms. The summed E-state index contributed by atoms with van der Waals surface area (Å²) in [5, 5.41) is 0.361. The molecule has 0 saturated heterocycles. The van der Waals surface area contributed by atoms with Crippen molar-refractivity contribution in [2.45, 2.75) is 44.4 Å². The molecule has 144 valence electrons. The van der Waals surface area contributed by atoms with Crippen molar-refractivity contribution < 1.29 is 27.4 Å². The van der Waals surface area contributed by atoms with Gasteiger partial charge in [-0.3, -0.25) is 0 Å². The number of cyclic esters (lactones) is 1. The number of aromatic nitrogens is 2. The molecule has 9 heteroatoms. The number of carbonyl (C=O) groups is 1. The number of halogens is 4. The number of rotatable bonds is 6. The number of fused-ring (bicyclic) bond motifs is 1. The van der Waals surface area contributed by atoms with Gasteiger partial charge in [0, 0.05) is 18.4 Å². The minimum absolute atomic E-state index is 0.00116. The number of carbonyl (C=O) groups excluding carboxylic acids is 1. The van der Waals surface area contributed by atoms with Crippen LogP contribution in [0.5, 0.6) is 11.8 Å². The molecule has 0 bridgehead atoms. The summed E-state index contributed by atoms with van der Waals surface area (Å²) in [7, 11) is 0. The minimum atomic E-state index is -4.17. The number of alkyl halides is 3. The Morgan fingerprint density at radius 2 is 1.96 bits per heavy atom. The van der Waals surface area contributed by atoms with Crippen molar-refractivity contribution >= 4 is 17.6 Å². The molecule has 2 heterocycles. The summed E-state index contributed by atoms with van der Waals surface area (Å²) in [6.45, 7) is 0. The fourth-order valence-corrected chi connectivity index (χ4v) is 2.95. The first-order chi connectivity index (χ1) is 12.8. The molecule has 1 aromatic carbocycles. The van der Waals surface area contributed by atoms with E-state index in [9.17, 15) is 18.0 Å². The van der Waals surface area contributed by atoms with Gasteiger partial charge in [-0.25, -0.2) is 14.8 Å². The van der Waals surface area contributed by atoms with Crippen molar-refractivity contribution in [3.63, 3.8) is 0 Å². The number of hydrogen-bond donors (Lipinski definition) is 0. The first-order valence-corrected chi connectivity index (χ1v) is 8.74. The lowest BCUT2D eigenvalue weighted by Crippen LogP contribution is -2.28. The zero-order valence-corrected chi connectivity index (χ0v) is 14.9. The van der Waals surface area contributed by atoms with E-state index in [1.54, 1.807) is 18.2 Å². The van der Waals surface area contributed by atoms with Gasteiger partial charge >= 0.3 is 18.2 Å². The van der Waals surface area contributed by atoms with Gasteiger partial charge < -0.3 is 9.47 Å². The standard InChI is InChI=1S/C18H16ClF3N2O3/c19-11-9-23-17(24-10-11)27-15-6-3-5-13-14(15)8-12(26-16(13)25)4-1-2-7-18(20,21)22/h3,5-6,9-10,12H,1-2,4,7-8H2. The molecular formula is C18H16ClF3N2O3. The molecule has 1 atom stereocenters. The Labute approximate surface area is 158 Å². The molecule has 1 aliphatic rings. The Kier molecular flexibility index (Phi) is 5.84. The molecule has 27 heavy (non-hydrogen) atoms. The Morgan fingerprint density at radius 3 is 2.67 bits per heavy atom. The second-order valence-corrected chi connectivity index (χ2v) is 6.60. The number of unbranched alkanes of at least 4 members (excludes halogenated alkanes) is 1. The third kappa shape index (κ3) is 5.32. The van der Waals surface area contributed by atoms with Crippen molar-refractivity contribution in [1.29, 1.82) is 0 Å². The van der Waals surface area contributed by atoms with Gasteiger partial charge in [0.1, 0.15) is 11.9 Å². The maximum Gasteiger partial charge on any atom is 0.389 e. The third-order valence-electron chi connectivity index (χ3n) is 4.09. The van der Waals surface area contributed by atoms with E-state index >= 15 is 0 Å². The average molecular weight is 401 g/mol. The van der Waals surface area contributed by atoms with Crippen LogP contribution < -0.4 is 4.74 Å². The van der Waals surface area contributed by atoms with Crippen LogP contribution in [0.15, 0.2) is 30.6 Å². The normalized spacial score (nSPS) is 16.6. The van der Waals surface area contributed by atoms with Crippen molar-refractivity contribution in [3.05, 3.63) is 46.7 Å². The molecular weight excluding hydrogens is 385 g/mol. The van der Waals surface area contributed by atoms with E-state index in [-0.39, 0.29) is 12.4 Å². The summed E-state index contributed by atoms with van der Waals surface area (Å²) < 4.78 is 47.7. The van der Waals surface area contributed by atoms with Crippen LogP contribution in [0, 0.1) is 0 Å². The molecule has 1 aromatic heterocycles. The number of ether oxygens (including phenoxy) is 2. The van der Waals surface area contributed by atoms with Crippen LogP contribution >= 0.6 is 11.6 Å². The van der Waals surface area contributed by atoms with Crippen LogP contribution in [0.2, 0.25) is 5.02 Å². The summed E-state index contributed by atoms with van der Waals surface area (Å²) in [6, 6.07) is 5.02. The van der Waals surface area contributed by atoms with E-state index in [1.807, 2.05) is 0 Å². The molecule has 2 aromatic rings. The lowest BCUT2D eigenvalue weighted by molar-refractivity contribution is -0.135. The highest BCUT2D eigenvalue weighted by Gasteiger charge is 2.30. The van der Waals surface area contributed by atoms with Crippen LogP contribution in [0.1, 0.15) is 41.6 Å². The highest BCUT2D eigenvalue weighted by molar-refractivity contribution is 6.30. The van der Waals surface area contributed by atoms with Gasteiger partial charge in [0.15, 0.2) is 0 Å². The Hall–Kier alpha value is -2.35. The number of benzene rings is 1. The summed E-state index contributed by atoms with van der Waals surface area (Å²) >= 11 is 5.74. The van der Waals surface area contributed by atoms with Gasteiger partial charge in [-0.1, -0.05) is 17.7 Å². The fourth-order valence-electron chi connectivity index (χ4n) is 2.86. The van der Waals surface area contributed by atoms with Crippen molar-refractivity contribution in [2.75, 3.05) is 0 Å². The van der Waals surface area contributed by atoms with E-state index in [4.69, 9.17) is 21.1 Å². The quantitative estimate of drug-likeness (QED) is 0.497. The predicted molar refractivity (Wildman–Crippen MR) is 91.0 cm³/mol. The van der Waals surface area contributed by atoms with Gasteiger partial charge in [0.2, 0.25) is 0 Å². The molecule has 0 saturated carbocycles. The largest absolute Gasteiger partial charge is 0.458 e. The summed E-state index contributed by atoms with van der Waals surface area (Å²) in [6.07, 6.45) is -1.70. The minimum Gasteiger partial charge on any atom is -0.458 e. The molecule has 3 rings (SSSR count). The highest BCUT2D eigenvalue weighted by Crippen LogP contribution is 2.33. The van der Waals surface area contributed by atoms with Crippen molar-refractivity contribution in [2.24, 2.45) is 0 Å². The van der Waals surface area contributed by atoms with Crippen molar-refractivity contribution in [1.82, 2.24) is 9.97 Å². The van der Waals surface area contributed by atoms with Gasteiger partial charge in [0.05, 0.1) is 23.0 Å². The predicted octanol–water partition coefficient (Wildman–Crippen LogP) is 5.13. The van der Waals surface area contributed by atoms with Gasteiger partial charge in [-0.05, 0) is 31.4 Å². The molecule has 0 fully saturated rings. The Morgan fingerprint density at radius 1 is 1.22 bits per heavy atom. The molecule has 0 amide bonds. The smallest absolute Gasteiger partial charge is 0.389 e. The molecule has 0 N–H and O–H groups in total. The molecule has 1 unspecified atom stereocenters. The van der Waals surface area contributed by atoms with Crippen LogP contribution in [0.25, 0.3) is 0 Å². The first-order valence-electron chi connectivity index (χ1n) is 8.37. The second-order valence-electron chi connectivity index (χ2n) is 6.16. The molecule has 0 aliphatic carbocycles. The topological polar surface area (TPSA) is 61.3 Å². The Balaban J connectivity index is 1.69. The van der Waals surface area contributed by atoms with Crippen LogP contribution in [0.4, 0.5) is 13.2 Å². The highest BCUT2D eigenvalue weighted by atomic mass is 35.5. The summed E-state index contributed by atoms with van der Waals surface area (Å²) in [5.74, 6) is -0.105. The maximum absolute atomic E-state index is 12.2. The van der Waals surface area contributed by atoms with Gasteiger partial charge in [-0.2, -0.15) is 13.2 Å². The van der Waals surface area contributed by atoms with Crippen LogP contribution in [0.3, 0.4) is 0 Å². The van der Waals surface area contributed by atoms with E-state index < -0.39 is 24.7 Å². The molecule has 5 nitrogen and oxygen atoms in total. The zero-order valence-electron chi connectivity index (χ0n) is 14.1.